The van der Waals surface area contributed by atoms with E-state index in [1.165, 1.54) is 6.92 Å². The molecule has 0 amide bonds. The van der Waals surface area contributed by atoms with Gasteiger partial charge in [0.15, 0.2) is 11.6 Å². The first-order chi connectivity index (χ1) is 4.91. The third-order valence-electron chi connectivity index (χ3n) is 0.586. The van der Waals surface area contributed by atoms with Gasteiger partial charge in [-0.1, -0.05) is 0 Å². The van der Waals surface area contributed by atoms with Crippen molar-refractivity contribution in [3.63, 3.8) is 0 Å². The van der Waals surface area contributed by atoms with Gasteiger partial charge in [0.1, 0.15) is 6.61 Å². The van der Waals surface area contributed by atoms with Crippen molar-refractivity contribution in [1.82, 2.24) is 0 Å². The molecule has 0 aliphatic rings. The summed E-state index contributed by atoms with van der Waals surface area (Å²) >= 11 is 0. The standard InChI is InChI=1S/C3H6O3.C3H6O2/c1-2(4)3(5)6;1-3(5)2-4/h3,5-6H,1H3;4H,2H2,1H3. The van der Waals surface area contributed by atoms with E-state index in [-0.39, 0.29) is 12.4 Å². The minimum Gasteiger partial charge on any atom is -0.389 e. The molecule has 0 aromatic carbocycles. The molecular weight excluding hydrogens is 152 g/mol. The van der Waals surface area contributed by atoms with Gasteiger partial charge in [-0.2, -0.15) is 0 Å². The molecule has 0 rings (SSSR count). The van der Waals surface area contributed by atoms with Crippen molar-refractivity contribution in [1.29, 1.82) is 0 Å². The Morgan fingerprint density at radius 3 is 1.45 bits per heavy atom. The summed E-state index contributed by atoms with van der Waals surface area (Å²) in [4.78, 5) is 19.2. The normalized spacial score (nSPS) is 8.55. The maximum atomic E-state index is 9.64. The predicted octanol–water partition coefficient (Wildman–Crippen LogP) is -1.55. The van der Waals surface area contributed by atoms with E-state index in [0.717, 1.165) is 6.92 Å². The maximum Gasteiger partial charge on any atom is 0.212 e. The Kier molecular flexibility index (Phi) is 8.57. The lowest BCUT2D eigenvalue weighted by Gasteiger charge is -1.90. The van der Waals surface area contributed by atoms with Gasteiger partial charge in [-0.3, -0.25) is 9.59 Å². The molecule has 0 heterocycles. The Morgan fingerprint density at radius 2 is 1.45 bits per heavy atom. The molecule has 3 N–H and O–H groups in total. The molecule has 0 aromatic rings. The molecule has 0 aliphatic heterocycles. The zero-order chi connectivity index (χ0) is 9.44. The average Bonchev–Trinajstić information content (AvgIpc) is 1.89. The third-order valence-corrected chi connectivity index (χ3v) is 0.586. The highest BCUT2D eigenvalue weighted by atomic mass is 16.5. The van der Waals surface area contributed by atoms with E-state index >= 15 is 0 Å². The second-order valence-electron chi connectivity index (χ2n) is 1.84. The molecular formula is C6H12O5. The summed E-state index contributed by atoms with van der Waals surface area (Å²) in [5.41, 5.74) is 0. The van der Waals surface area contributed by atoms with Gasteiger partial charge in [-0.25, -0.2) is 0 Å². The molecule has 0 bridgehead atoms. The summed E-state index contributed by atoms with van der Waals surface area (Å²) in [7, 11) is 0. The number of carbonyl (C=O) groups is 2. The summed E-state index contributed by atoms with van der Waals surface area (Å²) in [6.07, 6.45) is -1.79. The van der Waals surface area contributed by atoms with E-state index in [0.29, 0.717) is 0 Å². The lowest BCUT2D eigenvalue weighted by molar-refractivity contribution is -0.142. The van der Waals surface area contributed by atoms with Gasteiger partial charge in [0.25, 0.3) is 0 Å². The van der Waals surface area contributed by atoms with Crippen LogP contribution in [0.1, 0.15) is 13.8 Å². The molecule has 5 nitrogen and oxygen atoms in total. The number of rotatable bonds is 2. The first-order valence-corrected chi connectivity index (χ1v) is 2.88. The summed E-state index contributed by atoms with van der Waals surface area (Å²) in [5, 5.41) is 23.5. The Labute approximate surface area is 64.3 Å². The summed E-state index contributed by atoms with van der Waals surface area (Å²) in [6, 6.07) is 0. The number of hydrogen-bond acceptors (Lipinski definition) is 5. The SMILES string of the molecule is CC(=O)C(O)O.CC(=O)CO. The number of carbonyl (C=O) groups excluding carboxylic acids is 2. The van der Waals surface area contributed by atoms with Crippen molar-refractivity contribution >= 4 is 11.6 Å². The van der Waals surface area contributed by atoms with Gasteiger partial charge in [0, 0.05) is 0 Å². The molecule has 0 saturated heterocycles. The fourth-order valence-electron chi connectivity index (χ4n) is 0. The van der Waals surface area contributed by atoms with Crippen LogP contribution in [0.3, 0.4) is 0 Å². The second kappa shape index (κ2) is 7.33. The molecule has 0 aromatic heterocycles. The molecule has 11 heavy (non-hydrogen) atoms. The monoisotopic (exact) mass is 164 g/mol. The first-order valence-electron chi connectivity index (χ1n) is 2.88. The molecule has 0 saturated carbocycles. The Bertz CT molecular complexity index is 129. The highest BCUT2D eigenvalue weighted by Crippen LogP contribution is 1.72. The zero-order valence-electron chi connectivity index (χ0n) is 6.44. The first kappa shape index (κ1) is 12.9. The van der Waals surface area contributed by atoms with Gasteiger partial charge < -0.3 is 15.3 Å². The molecule has 0 spiro atoms. The molecule has 0 unspecified atom stereocenters. The Morgan fingerprint density at radius 1 is 1.27 bits per heavy atom. The largest absolute Gasteiger partial charge is 0.389 e. The van der Waals surface area contributed by atoms with E-state index in [1.54, 1.807) is 0 Å². The molecule has 0 fully saturated rings. The zero-order valence-corrected chi connectivity index (χ0v) is 6.44. The Balaban J connectivity index is 0. The fourth-order valence-corrected chi connectivity index (χ4v) is 0. The fraction of sp³-hybridized carbons (Fsp3) is 0.667. The molecule has 0 aliphatic carbocycles. The van der Waals surface area contributed by atoms with Gasteiger partial charge in [0.2, 0.25) is 6.29 Å². The number of aliphatic hydroxyl groups is 3. The molecule has 0 atom stereocenters. The van der Waals surface area contributed by atoms with Crippen LogP contribution in [0.5, 0.6) is 0 Å². The van der Waals surface area contributed by atoms with Gasteiger partial charge in [0.05, 0.1) is 0 Å². The van der Waals surface area contributed by atoms with Crippen LogP contribution >= 0.6 is 0 Å². The summed E-state index contributed by atoms with van der Waals surface area (Å²) in [6.45, 7) is 2.10. The van der Waals surface area contributed by atoms with E-state index < -0.39 is 12.1 Å². The second-order valence-corrected chi connectivity index (χ2v) is 1.84. The minimum atomic E-state index is -1.79. The molecule has 5 heteroatoms. The van der Waals surface area contributed by atoms with Crippen LogP contribution < -0.4 is 0 Å². The number of aliphatic hydroxyl groups excluding tert-OH is 2. The number of hydrogen-bond donors (Lipinski definition) is 3. The van der Waals surface area contributed by atoms with E-state index in [1.807, 2.05) is 0 Å². The summed E-state index contributed by atoms with van der Waals surface area (Å²) in [5.74, 6) is -0.819. The van der Waals surface area contributed by atoms with E-state index in [9.17, 15) is 9.59 Å². The van der Waals surface area contributed by atoms with Crippen LogP contribution in [0.15, 0.2) is 0 Å². The quantitative estimate of drug-likeness (QED) is 0.430. The predicted molar refractivity (Wildman–Crippen MR) is 36.7 cm³/mol. The van der Waals surface area contributed by atoms with Crippen molar-refractivity contribution in [3.05, 3.63) is 0 Å². The smallest absolute Gasteiger partial charge is 0.212 e. The lowest BCUT2D eigenvalue weighted by Crippen LogP contribution is -2.14. The van der Waals surface area contributed by atoms with Crippen molar-refractivity contribution in [2.45, 2.75) is 20.1 Å². The highest BCUT2D eigenvalue weighted by Gasteiger charge is 1.99. The lowest BCUT2D eigenvalue weighted by atomic mass is 10.4. The van der Waals surface area contributed by atoms with Crippen LogP contribution in [0.25, 0.3) is 0 Å². The van der Waals surface area contributed by atoms with Crippen LogP contribution in [0.2, 0.25) is 0 Å². The highest BCUT2D eigenvalue weighted by molar-refractivity contribution is 5.78. The van der Waals surface area contributed by atoms with Crippen LogP contribution in [-0.4, -0.2) is 39.8 Å². The third kappa shape index (κ3) is 17.6. The summed E-state index contributed by atoms with van der Waals surface area (Å²) < 4.78 is 0. The van der Waals surface area contributed by atoms with E-state index in [2.05, 4.69) is 0 Å². The minimum absolute atomic E-state index is 0.190. The molecule has 66 valence electrons. The van der Waals surface area contributed by atoms with Gasteiger partial charge >= 0.3 is 0 Å². The average molecular weight is 164 g/mol. The van der Waals surface area contributed by atoms with Crippen LogP contribution in [-0.2, 0) is 9.59 Å². The van der Waals surface area contributed by atoms with Crippen LogP contribution in [0, 0.1) is 0 Å². The molecule has 0 radical (unpaired) electrons. The number of ketones is 2. The van der Waals surface area contributed by atoms with Crippen molar-refractivity contribution in [3.8, 4) is 0 Å². The van der Waals surface area contributed by atoms with Gasteiger partial charge in [-0.05, 0) is 13.8 Å². The van der Waals surface area contributed by atoms with Crippen molar-refractivity contribution in [2.75, 3.05) is 6.61 Å². The van der Waals surface area contributed by atoms with Crippen molar-refractivity contribution in [2.24, 2.45) is 0 Å². The Hall–Kier alpha value is -0.780. The van der Waals surface area contributed by atoms with Gasteiger partial charge in [-0.15, -0.1) is 0 Å². The van der Waals surface area contributed by atoms with E-state index in [4.69, 9.17) is 15.3 Å². The topological polar surface area (TPSA) is 94.8 Å². The maximum absolute atomic E-state index is 9.64. The number of Topliss-reactive ketones (excluding diaryl/α,β-unsaturated/α-hetero) is 2. The van der Waals surface area contributed by atoms with Crippen molar-refractivity contribution < 1.29 is 24.9 Å². The van der Waals surface area contributed by atoms with Crippen LogP contribution in [0.4, 0.5) is 0 Å².